The molecule has 2 fully saturated rings. The molecule has 1 aromatic rings. The van der Waals surface area contributed by atoms with E-state index in [2.05, 4.69) is 22.0 Å². The van der Waals surface area contributed by atoms with Crippen molar-refractivity contribution in [1.29, 1.82) is 0 Å². The first-order valence-electron chi connectivity index (χ1n) is 8.68. The van der Waals surface area contributed by atoms with Crippen LogP contribution < -0.4 is 11.1 Å². The van der Waals surface area contributed by atoms with E-state index in [0.29, 0.717) is 11.3 Å². The number of rotatable bonds is 6. The number of fused-ring (bicyclic) bond motifs is 1. The molecule has 3 heterocycles. The van der Waals surface area contributed by atoms with Crippen LogP contribution in [-0.4, -0.2) is 60.9 Å². The fourth-order valence-corrected chi connectivity index (χ4v) is 5.30. The molecule has 0 radical (unpaired) electrons. The topological polar surface area (TPSA) is 158 Å². The van der Waals surface area contributed by atoms with Gasteiger partial charge in [0.2, 0.25) is 0 Å². The van der Waals surface area contributed by atoms with Gasteiger partial charge in [0.1, 0.15) is 22.8 Å². The van der Waals surface area contributed by atoms with Gasteiger partial charge in [0, 0.05) is 11.1 Å². The fourth-order valence-electron chi connectivity index (χ4n) is 3.36. The predicted molar refractivity (Wildman–Crippen MR) is 106 cm³/mol. The molecule has 0 unspecified atom stereocenters. The van der Waals surface area contributed by atoms with Gasteiger partial charge in [0.15, 0.2) is 10.8 Å². The zero-order valence-electron chi connectivity index (χ0n) is 15.0. The maximum absolute atomic E-state index is 12.7. The molecule has 29 heavy (non-hydrogen) atoms. The van der Waals surface area contributed by atoms with Crippen molar-refractivity contribution in [3.63, 3.8) is 0 Å². The SMILES string of the molecule is C=C(C1=C(C(=O)O)N2C(=O)[C@@H](NC(=O)/C(=N\O)c3csc(N)n3)[C@@H]2SC1)C1CC1. The van der Waals surface area contributed by atoms with Gasteiger partial charge in [-0.05, 0) is 29.9 Å². The zero-order valence-corrected chi connectivity index (χ0v) is 16.6. The Morgan fingerprint density at radius 1 is 1.41 bits per heavy atom. The minimum atomic E-state index is -1.19. The molecule has 2 aliphatic heterocycles. The molecule has 10 nitrogen and oxygen atoms in total. The molecule has 0 spiro atoms. The Kier molecular flexibility index (Phi) is 4.82. The van der Waals surface area contributed by atoms with Crippen molar-refractivity contribution in [1.82, 2.24) is 15.2 Å². The second-order valence-corrected chi connectivity index (χ2v) is 8.81. The summed E-state index contributed by atoms with van der Waals surface area (Å²) in [5.74, 6) is -1.87. The van der Waals surface area contributed by atoms with Crippen LogP contribution in [-0.2, 0) is 14.4 Å². The van der Waals surface area contributed by atoms with Crippen LogP contribution in [0.15, 0.2) is 34.0 Å². The van der Waals surface area contributed by atoms with Gasteiger partial charge in [-0.15, -0.1) is 23.1 Å². The lowest BCUT2D eigenvalue weighted by molar-refractivity contribution is -0.150. The number of anilines is 1. The molecule has 2 amide bonds. The molecule has 1 aromatic heterocycles. The van der Waals surface area contributed by atoms with Gasteiger partial charge in [0.25, 0.3) is 11.8 Å². The number of β-lactam (4-membered cyclic amide) rings is 1. The average molecular weight is 435 g/mol. The zero-order chi connectivity index (χ0) is 20.9. The van der Waals surface area contributed by atoms with E-state index < -0.39 is 29.2 Å². The van der Waals surface area contributed by atoms with Gasteiger partial charge >= 0.3 is 5.97 Å². The average Bonchev–Trinajstić information content (AvgIpc) is 3.46. The number of carbonyl (C=O) groups is 3. The number of nitrogen functional groups attached to an aromatic ring is 1. The van der Waals surface area contributed by atoms with Gasteiger partial charge in [-0.1, -0.05) is 11.7 Å². The molecule has 152 valence electrons. The summed E-state index contributed by atoms with van der Waals surface area (Å²) in [7, 11) is 0. The highest BCUT2D eigenvalue weighted by molar-refractivity contribution is 8.00. The number of carboxylic acids is 1. The minimum absolute atomic E-state index is 0.0653. The van der Waals surface area contributed by atoms with E-state index in [1.165, 1.54) is 22.0 Å². The maximum Gasteiger partial charge on any atom is 0.352 e. The lowest BCUT2D eigenvalue weighted by atomic mass is 9.97. The van der Waals surface area contributed by atoms with Crippen molar-refractivity contribution in [2.24, 2.45) is 11.1 Å². The Morgan fingerprint density at radius 3 is 2.69 bits per heavy atom. The molecule has 3 aliphatic rings. The molecule has 0 aromatic carbocycles. The molecule has 1 aliphatic carbocycles. The van der Waals surface area contributed by atoms with Gasteiger partial charge in [-0.25, -0.2) is 9.78 Å². The number of nitrogens with two attached hydrogens (primary N) is 1. The first-order valence-corrected chi connectivity index (χ1v) is 10.6. The van der Waals surface area contributed by atoms with E-state index in [1.54, 1.807) is 0 Å². The van der Waals surface area contributed by atoms with E-state index in [0.717, 1.165) is 29.8 Å². The van der Waals surface area contributed by atoms with E-state index in [4.69, 9.17) is 5.73 Å². The van der Waals surface area contributed by atoms with Crippen LogP contribution in [0.3, 0.4) is 0 Å². The van der Waals surface area contributed by atoms with E-state index in [-0.39, 0.29) is 28.2 Å². The second kappa shape index (κ2) is 7.19. The van der Waals surface area contributed by atoms with E-state index >= 15 is 0 Å². The summed E-state index contributed by atoms with van der Waals surface area (Å²) >= 11 is 2.43. The van der Waals surface area contributed by atoms with Gasteiger partial charge in [-0.2, -0.15) is 0 Å². The Bertz CT molecular complexity index is 996. The van der Waals surface area contributed by atoms with Crippen LogP contribution in [0.4, 0.5) is 5.13 Å². The van der Waals surface area contributed by atoms with E-state index in [1.807, 2.05) is 0 Å². The highest BCUT2D eigenvalue weighted by Gasteiger charge is 2.55. The second-order valence-electron chi connectivity index (χ2n) is 6.81. The van der Waals surface area contributed by atoms with Crippen LogP contribution >= 0.6 is 23.1 Å². The summed E-state index contributed by atoms with van der Waals surface area (Å²) in [5, 5.41) is 25.4. The first kappa shape index (κ1) is 19.5. The number of amides is 2. The van der Waals surface area contributed by atoms with Crippen LogP contribution in [0.25, 0.3) is 0 Å². The van der Waals surface area contributed by atoms with Crippen LogP contribution in [0.5, 0.6) is 0 Å². The minimum Gasteiger partial charge on any atom is -0.477 e. The Morgan fingerprint density at radius 2 is 2.14 bits per heavy atom. The Balaban J connectivity index is 1.53. The highest BCUT2D eigenvalue weighted by atomic mass is 32.2. The van der Waals surface area contributed by atoms with Crippen molar-refractivity contribution in [3.05, 3.63) is 34.5 Å². The molecule has 5 N–H and O–H groups in total. The summed E-state index contributed by atoms with van der Waals surface area (Å²) in [6.07, 6.45) is 1.95. The Labute approximate surface area is 173 Å². The molecule has 4 rings (SSSR count). The summed E-state index contributed by atoms with van der Waals surface area (Å²) in [6, 6.07) is -0.940. The molecular formula is C17H17N5O5S2. The van der Waals surface area contributed by atoms with Crippen molar-refractivity contribution >= 4 is 51.7 Å². The lowest BCUT2D eigenvalue weighted by Crippen LogP contribution is -2.71. The molecular weight excluding hydrogens is 418 g/mol. The molecule has 1 saturated carbocycles. The number of aromatic nitrogens is 1. The van der Waals surface area contributed by atoms with E-state index in [9.17, 15) is 24.7 Å². The number of thioether (sulfide) groups is 1. The summed E-state index contributed by atoms with van der Waals surface area (Å²) in [5.41, 5.74) is 6.53. The normalized spacial score (nSPS) is 24.1. The number of hydrogen-bond donors (Lipinski definition) is 4. The van der Waals surface area contributed by atoms with Gasteiger partial charge in [0.05, 0.1) is 0 Å². The van der Waals surface area contributed by atoms with Crippen LogP contribution in [0.1, 0.15) is 18.5 Å². The number of nitrogens with one attached hydrogen (secondary N) is 1. The number of carbonyl (C=O) groups excluding carboxylic acids is 2. The number of carboxylic acid groups (broad SMARTS) is 1. The first-order chi connectivity index (χ1) is 13.8. The number of allylic oxidation sites excluding steroid dienone is 1. The largest absolute Gasteiger partial charge is 0.477 e. The monoisotopic (exact) mass is 435 g/mol. The quantitative estimate of drug-likeness (QED) is 0.219. The number of hydrogen-bond acceptors (Lipinski definition) is 9. The van der Waals surface area contributed by atoms with Crippen molar-refractivity contribution in [2.75, 3.05) is 11.5 Å². The molecule has 12 heteroatoms. The molecule has 2 atom stereocenters. The van der Waals surface area contributed by atoms with Crippen LogP contribution in [0, 0.1) is 5.92 Å². The summed E-state index contributed by atoms with van der Waals surface area (Å²) in [6.45, 7) is 4.02. The molecule has 1 saturated heterocycles. The third-order valence-electron chi connectivity index (χ3n) is 4.99. The number of oxime groups is 1. The van der Waals surface area contributed by atoms with Gasteiger partial charge in [-0.3, -0.25) is 14.5 Å². The highest BCUT2D eigenvalue weighted by Crippen LogP contribution is 2.47. The lowest BCUT2D eigenvalue weighted by Gasteiger charge is -2.49. The summed E-state index contributed by atoms with van der Waals surface area (Å²) in [4.78, 5) is 42.1. The van der Waals surface area contributed by atoms with Crippen molar-refractivity contribution < 1.29 is 24.7 Å². The third kappa shape index (κ3) is 3.27. The third-order valence-corrected chi connectivity index (χ3v) is 6.95. The fraction of sp³-hybridized carbons (Fsp3) is 0.353. The smallest absolute Gasteiger partial charge is 0.352 e. The van der Waals surface area contributed by atoms with Crippen molar-refractivity contribution in [2.45, 2.75) is 24.3 Å². The Hall–Kier alpha value is -2.86. The number of nitrogens with zero attached hydrogens (tertiary/aromatic N) is 3. The maximum atomic E-state index is 12.7. The van der Waals surface area contributed by atoms with Crippen molar-refractivity contribution in [3.8, 4) is 0 Å². The predicted octanol–water partition coefficient (Wildman–Crippen LogP) is 0.608. The standard InChI is InChI=1S/C17H17N5O5S2/c1-6(7-2-3-7)8-4-28-15-11(14(24)22(15)12(8)16(25)26)20-13(23)10(21-27)9-5-29-17(18)19-9/h5,7,11,15,27H,1-4H2,(H2,18,19)(H,20,23)(H,25,26)/b21-10-/t11-,15+/m1/s1. The van der Waals surface area contributed by atoms with Crippen LogP contribution in [0.2, 0.25) is 0 Å². The van der Waals surface area contributed by atoms with Gasteiger partial charge < -0.3 is 21.4 Å². The number of aliphatic carboxylic acids is 1. The number of thiazole rings is 1. The molecule has 0 bridgehead atoms. The summed E-state index contributed by atoms with van der Waals surface area (Å²) < 4.78 is 0.